The lowest BCUT2D eigenvalue weighted by molar-refractivity contribution is -0.120. The second-order valence-electron chi connectivity index (χ2n) is 7.76. The smallest absolute Gasteiger partial charge is 0.325 e. The highest BCUT2D eigenvalue weighted by molar-refractivity contribution is 5.99. The molecule has 0 unspecified atom stereocenters. The average molecular weight is 357 g/mol. The molecule has 0 radical (unpaired) electrons. The molecule has 4 rings (SSSR count). The zero-order valence-electron chi connectivity index (χ0n) is 15.5. The molecule has 3 amide bonds. The molecule has 1 aromatic rings. The van der Waals surface area contributed by atoms with Crippen molar-refractivity contribution < 1.29 is 9.59 Å². The highest BCUT2D eigenvalue weighted by Gasteiger charge is 2.36. The van der Waals surface area contributed by atoms with Gasteiger partial charge in [0.25, 0.3) is 0 Å². The molecule has 2 saturated heterocycles. The number of nitrogens with zero attached hydrogens (tertiary/aromatic N) is 4. The fourth-order valence-corrected chi connectivity index (χ4v) is 4.41. The van der Waals surface area contributed by atoms with Crippen molar-refractivity contribution in [3.63, 3.8) is 0 Å². The van der Waals surface area contributed by atoms with Gasteiger partial charge in [-0.15, -0.1) is 0 Å². The van der Waals surface area contributed by atoms with Gasteiger partial charge in [0.2, 0.25) is 5.91 Å². The van der Waals surface area contributed by atoms with Gasteiger partial charge in [-0.3, -0.25) is 14.6 Å². The number of benzene rings is 1. The molecule has 0 aliphatic carbocycles. The van der Waals surface area contributed by atoms with Crippen LogP contribution in [0.1, 0.15) is 12.0 Å². The largest absolute Gasteiger partial charge is 0.350 e. The Labute approximate surface area is 154 Å². The second-order valence-corrected chi connectivity index (χ2v) is 7.76. The number of para-hydroxylation sites is 1. The predicted octanol–water partition coefficient (Wildman–Crippen LogP) is 0.563. The van der Waals surface area contributed by atoms with Crippen molar-refractivity contribution >= 4 is 17.6 Å². The summed E-state index contributed by atoms with van der Waals surface area (Å²) < 4.78 is 0. The lowest BCUT2D eigenvalue weighted by Crippen LogP contribution is -2.51. The predicted molar refractivity (Wildman–Crippen MR) is 100 cm³/mol. The van der Waals surface area contributed by atoms with E-state index in [2.05, 4.69) is 22.2 Å². The van der Waals surface area contributed by atoms with Gasteiger partial charge in [-0.05, 0) is 25.1 Å². The number of rotatable bonds is 3. The molecule has 0 aromatic heterocycles. The molecular formula is C19H27N5O2. The van der Waals surface area contributed by atoms with Crippen LogP contribution in [0.4, 0.5) is 10.5 Å². The van der Waals surface area contributed by atoms with Crippen molar-refractivity contribution in [2.45, 2.75) is 25.0 Å². The van der Waals surface area contributed by atoms with Gasteiger partial charge in [0.05, 0.1) is 5.69 Å². The highest BCUT2D eigenvalue weighted by Crippen LogP contribution is 2.27. The molecule has 26 heavy (non-hydrogen) atoms. The molecule has 7 heteroatoms. The van der Waals surface area contributed by atoms with Crippen molar-refractivity contribution in [3.8, 4) is 0 Å². The molecular weight excluding hydrogens is 330 g/mol. The zero-order valence-corrected chi connectivity index (χ0v) is 15.5. The summed E-state index contributed by atoms with van der Waals surface area (Å²) >= 11 is 0. The van der Waals surface area contributed by atoms with E-state index in [9.17, 15) is 9.59 Å². The second kappa shape index (κ2) is 6.89. The molecule has 1 N–H and O–H groups in total. The molecule has 3 heterocycles. The number of hydrogen-bond donors (Lipinski definition) is 1. The average Bonchev–Trinajstić information content (AvgIpc) is 3.00. The Morgan fingerprint density at radius 2 is 2.00 bits per heavy atom. The Morgan fingerprint density at radius 1 is 1.19 bits per heavy atom. The number of hydrogen-bond acceptors (Lipinski definition) is 4. The van der Waals surface area contributed by atoms with E-state index in [4.69, 9.17) is 0 Å². The quantitative estimate of drug-likeness (QED) is 0.859. The van der Waals surface area contributed by atoms with Crippen LogP contribution in [0.3, 0.4) is 0 Å². The van der Waals surface area contributed by atoms with E-state index in [1.165, 1.54) is 0 Å². The Kier molecular flexibility index (Phi) is 4.58. The summed E-state index contributed by atoms with van der Waals surface area (Å²) in [5, 5.41) is 3.15. The van der Waals surface area contributed by atoms with Crippen LogP contribution in [0, 0.1) is 0 Å². The number of fused-ring (bicyclic) bond motifs is 2. The maximum absolute atomic E-state index is 12.6. The number of anilines is 1. The van der Waals surface area contributed by atoms with Crippen LogP contribution >= 0.6 is 0 Å². The maximum Gasteiger partial charge on any atom is 0.325 e. The number of nitrogens with one attached hydrogen (secondary N) is 1. The summed E-state index contributed by atoms with van der Waals surface area (Å²) in [7, 11) is 3.92. The summed E-state index contributed by atoms with van der Waals surface area (Å²) in [5.74, 6) is -0.0818. The van der Waals surface area contributed by atoms with Gasteiger partial charge >= 0.3 is 6.03 Å². The first-order valence-electron chi connectivity index (χ1n) is 9.34. The van der Waals surface area contributed by atoms with Gasteiger partial charge in [-0.25, -0.2) is 4.79 Å². The van der Waals surface area contributed by atoms with E-state index in [1.54, 1.807) is 16.8 Å². The van der Waals surface area contributed by atoms with Gasteiger partial charge in [-0.2, -0.15) is 0 Å². The molecule has 7 nitrogen and oxygen atoms in total. The first kappa shape index (κ1) is 17.3. The minimum Gasteiger partial charge on any atom is -0.350 e. The Bertz CT molecular complexity index is 709. The molecule has 2 fully saturated rings. The first-order valence-corrected chi connectivity index (χ1v) is 9.34. The fourth-order valence-electron chi connectivity index (χ4n) is 4.41. The summed E-state index contributed by atoms with van der Waals surface area (Å²) in [6, 6.07) is 8.38. The number of likely N-dealkylation sites (N-methyl/N-ethyl adjacent to an activating group) is 1. The molecule has 0 spiro atoms. The van der Waals surface area contributed by atoms with Gasteiger partial charge in [0.15, 0.2) is 0 Å². The van der Waals surface area contributed by atoms with Crippen molar-refractivity contribution in [1.29, 1.82) is 0 Å². The summed E-state index contributed by atoms with van der Waals surface area (Å²) in [6.45, 7) is 4.78. The van der Waals surface area contributed by atoms with Crippen LogP contribution in [-0.2, 0) is 11.3 Å². The SMILES string of the molecule is CN1CCN2C[C@@H](NC(=O)CN3C(=O)N(C)Cc4ccccc43)C[C@H]2C1. The Morgan fingerprint density at radius 3 is 2.85 bits per heavy atom. The topological polar surface area (TPSA) is 59.1 Å². The Balaban J connectivity index is 1.40. The standard InChI is InChI=1S/C19H27N5O2/c1-21-7-8-23-11-15(9-16(23)12-21)20-18(25)13-24-17-6-4-3-5-14(17)10-22(2)19(24)26/h3-6,15-16H,7-13H2,1-2H3,(H,20,25)/t15-,16-/m0/s1. The van der Waals surface area contributed by atoms with Crippen LogP contribution < -0.4 is 10.2 Å². The third kappa shape index (κ3) is 3.29. The number of piperazine rings is 1. The molecule has 3 aliphatic rings. The minimum absolute atomic E-state index is 0.0707. The number of carbonyl (C=O) groups is 2. The van der Waals surface area contributed by atoms with Crippen LogP contribution in [0.15, 0.2) is 24.3 Å². The number of carbonyl (C=O) groups excluding carboxylic acids is 2. The van der Waals surface area contributed by atoms with Crippen LogP contribution in [0.5, 0.6) is 0 Å². The van der Waals surface area contributed by atoms with Gasteiger partial charge in [0.1, 0.15) is 6.54 Å². The number of urea groups is 1. The van der Waals surface area contributed by atoms with Gasteiger partial charge in [-0.1, -0.05) is 18.2 Å². The van der Waals surface area contributed by atoms with Crippen molar-refractivity contribution in [1.82, 2.24) is 20.0 Å². The molecule has 0 bridgehead atoms. The third-order valence-electron chi connectivity index (χ3n) is 5.73. The van der Waals surface area contributed by atoms with Crippen LogP contribution in [0.25, 0.3) is 0 Å². The van der Waals surface area contributed by atoms with E-state index < -0.39 is 0 Å². The van der Waals surface area contributed by atoms with E-state index in [1.807, 2.05) is 24.3 Å². The fraction of sp³-hybridized carbons (Fsp3) is 0.579. The van der Waals surface area contributed by atoms with Crippen LogP contribution in [-0.4, -0.2) is 85.5 Å². The van der Waals surface area contributed by atoms with Gasteiger partial charge < -0.3 is 15.1 Å². The summed E-state index contributed by atoms with van der Waals surface area (Å²) in [6.07, 6.45) is 0.987. The zero-order chi connectivity index (χ0) is 18.3. The number of amides is 3. The Hall–Kier alpha value is -2.12. The molecule has 140 valence electrons. The lowest BCUT2D eigenvalue weighted by atomic mass is 10.1. The summed E-state index contributed by atoms with van der Waals surface area (Å²) in [5.41, 5.74) is 1.92. The maximum atomic E-state index is 12.6. The van der Waals surface area contributed by atoms with E-state index in [0.717, 1.165) is 43.9 Å². The normalized spacial score (nSPS) is 26.6. The van der Waals surface area contributed by atoms with Crippen molar-refractivity contribution in [3.05, 3.63) is 29.8 Å². The molecule has 1 aromatic carbocycles. The van der Waals surface area contributed by atoms with E-state index >= 15 is 0 Å². The first-order chi connectivity index (χ1) is 12.5. The monoisotopic (exact) mass is 357 g/mol. The lowest BCUT2D eigenvalue weighted by Gasteiger charge is -2.35. The van der Waals surface area contributed by atoms with Crippen molar-refractivity contribution in [2.75, 3.05) is 51.7 Å². The van der Waals surface area contributed by atoms with E-state index in [0.29, 0.717) is 12.6 Å². The van der Waals surface area contributed by atoms with Gasteiger partial charge in [0, 0.05) is 51.9 Å². The minimum atomic E-state index is -0.121. The van der Waals surface area contributed by atoms with E-state index in [-0.39, 0.29) is 24.5 Å². The summed E-state index contributed by atoms with van der Waals surface area (Å²) in [4.78, 5) is 33.3. The molecule has 2 atom stereocenters. The molecule has 3 aliphatic heterocycles. The van der Waals surface area contributed by atoms with Crippen molar-refractivity contribution in [2.24, 2.45) is 0 Å². The third-order valence-corrected chi connectivity index (χ3v) is 5.73. The highest BCUT2D eigenvalue weighted by atomic mass is 16.2. The van der Waals surface area contributed by atoms with Crippen LogP contribution in [0.2, 0.25) is 0 Å². The molecule has 0 saturated carbocycles.